The lowest BCUT2D eigenvalue weighted by Crippen LogP contribution is -2.45. The third kappa shape index (κ3) is 13.3. The molecule has 0 bridgehead atoms. The molecule has 162 valence electrons. The number of unbranched alkanes of at least 4 members (excludes halogenated alkanes) is 1. The molecule has 0 aromatic heterocycles. The minimum absolute atomic E-state index is 0.125. The first-order valence-electron chi connectivity index (χ1n) is 10.6. The van der Waals surface area contributed by atoms with Gasteiger partial charge in [-0.05, 0) is 26.4 Å². The van der Waals surface area contributed by atoms with Crippen LogP contribution in [0.2, 0.25) is 0 Å². The molecule has 1 amide bonds. The molecule has 0 rings (SSSR count). The lowest BCUT2D eigenvalue weighted by molar-refractivity contribution is -0.131. The fraction of sp³-hybridized carbons (Fsp3) is 0.900. The summed E-state index contributed by atoms with van der Waals surface area (Å²) in [6, 6.07) is -0.854. The zero-order valence-corrected chi connectivity index (χ0v) is 18.7. The Morgan fingerprint density at radius 1 is 0.893 bits per heavy atom. The summed E-state index contributed by atoms with van der Waals surface area (Å²) >= 11 is 0. The average Bonchev–Trinajstić information content (AvgIpc) is 2.64. The molecule has 0 spiro atoms. The van der Waals surface area contributed by atoms with Crippen molar-refractivity contribution < 1.29 is 14.7 Å². The number of nitrogens with zero attached hydrogens (tertiary/aromatic N) is 4. The number of carbonyl (C=O) groups is 2. The van der Waals surface area contributed by atoms with Gasteiger partial charge in [0.2, 0.25) is 5.91 Å². The van der Waals surface area contributed by atoms with Crippen molar-refractivity contribution in [2.75, 3.05) is 72.5 Å². The van der Waals surface area contributed by atoms with E-state index in [0.29, 0.717) is 19.6 Å². The number of rotatable bonds is 17. The Kier molecular flexibility index (Phi) is 15.4. The molecule has 0 saturated heterocycles. The maximum atomic E-state index is 12.4. The van der Waals surface area contributed by atoms with Gasteiger partial charge in [0, 0.05) is 52.3 Å². The summed E-state index contributed by atoms with van der Waals surface area (Å²) in [7, 11) is 7.34. The number of carbonyl (C=O) groups excluding carboxylic acids is 2. The van der Waals surface area contributed by atoms with Crippen molar-refractivity contribution in [3.8, 4) is 0 Å². The van der Waals surface area contributed by atoms with Crippen LogP contribution in [-0.2, 0) is 9.59 Å². The highest BCUT2D eigenvalue weighted by Gasteiger charge is 2.16. The second-order valence-electron chi connectivity index (χ2n) is 7.48. The number of hydrogen-bond acceptors (Lipinski definition) is 6. The van der Waals surface area contributed by atoms with Crippen molar-refractivity contribution in [3.05, 3.63) is 0 Å². The molecule has 1 N–H and O–H groups in total. The molecule has 0 aromatic carbocycles. The molecule has 1 atom stereocenters. The van der Waals surface area contributed by atoms with Gasteiger partial charge < -0.3 is 14.9 Å². The average molecular weight is 396 g/mol. The third-order valence-electron chi connectivity index (χ3n) is 4.88. The molecule has 0 aliphatic heterocycles. The van der Waals surface area contributed by atoms with Crippen molar-refractivity contribution in [1.82, 2.24) is 19.6 Å². The van der Waals surface area contributed by atoms with Gasteiger partial charge in [0.1, 0.15) is 13.6 Å². The van der Waals surface area contributed by atoms with Crippen LogP contribution in [-0.4, -0.2) is 123 Å². The Morgan fingerprint density at radius 2 is 1.43 bits per heavy atom. The summed E-state index contributed by atoms with van der Waals surface area (Å²) in [4.78, 5) is 32.1. The van der Waals surface area contributed by atoms with E-state index in [2.05, 4.69) is 28.5 Å². The molecular weight excluding hydrogens is 355 g/mol. The van der Waals surface area contributed by atoms with Crippen LogP contribution in [0.5, 0.6) is 0 Å². The van der Waals surface area contributed by atoms with Crippen LogP contribution in [0.15, 0.2) is 0 Å². The number of likely N-dealkylation sites (N-methyl/N-ethyl adjacent to an activating group) is 3. The summed E-state index contributed by atoms with van der Waals surface area (Å²) in [5.41, 5.74) is 0. The summed E-state index contributed by atoms with van der Waals surface area (Å²) in [5.74, 6) is 0.267. The molecule has 0 aliphatic carbocycles. The zero-order valence-electron chi connectivity index (χ0n) is 18.7. The fourth-order valence-corrected chi connectivity index (χ4v) is 2.97. The molecular formula is C20H41BN4O3. The van der Waals surface area contributed by atoms with E-state index in [9.17, 15) is 14.7 Å². The standard InChI is InChI=1S/C20H41BN4O3/c1-6-9-10-22(5)20(28)17-24(8-3)12-14-25(15-18(4)26)13-11-23(7-2)16-19(21)27/h19,27H,6-17H2,1-5H3. The minimum Gasteiger partial charge on any atom is -0.402 e. The minimum atomic E-state index is -0.854. The smallest absolute Gasteiger partial charge is 0.236 e. The van der Waals surface area contributed by atoms with E-state index >= 15 is 0 Å². The Morgan fingerprint density at radius 3 is 1.89 bits per heavy atom. The van der Waals surface area contributed by atoms with Gasteiger partial charge in [-0.2, -0.15) is 0 Å². The van der Waals surface area contributed by atoms with Crippen molar-refractivity contribution in [3.63, 3.8) is 0 Å². The predicted molar refractivity (Wildman–Crippen MR) is 116 cm³/mol. The molecule has 0 saturated carbocycles. The fourth-order valence-electron chi connectivity index (χ4n) is 2.97. The van der Waals surface area contributed by atoms with E-state index < -0.39 is 6.00 Å². The van der Waals surface area contributed by atoms with Gasteiger partial charge in [0.25, 0.3) is 0 Å². The van der Waals surface area contributed by atoms with Gasteiger partial charge in [-0.3, -0.25) is 19.4 Å². The van der Waals surface area contributed by atoms with Gasteiger partial charge >= 0.3 is 0 Å². The Balaban J connectivity index is 4.59. The number of ketones is 1. The van der Waals surface area contributed by atoms with Crippen LogP contribution in [0.1, 0.15) is 40.5 Å². The number of aliphatic hydroxyl groups is 1. The van der Waals surface area contributed by atoms with Crippen molar-refractivity contribution >= 4 is 19.5 Å². The largest absolute Gasteiger partial charge is 0.402 e. The number of amides is 1. The van der Waals surface area contributed by atoms with Crippen molar-refractivity contribution in [2.24, 2.45) is 0 Å². The van der Waals surface area contributed by atoms with Gasteiger partial charge in [-0.1, -0.05) is 27.2 Å². The molecule has 0 aliphatic rings. The maximum absolute atomic E-state index is 12.4. The highest BCUT2D eigenvalue weighted by molar-refractivity contribution is 6.10. The van der Waals surface area contributed by atoms with E-state index in [-0.39, 0.29) is 11.7 Å². The molecule has 0 heterocycles. The first kappa shape index (κ1) is 27.0. The Labute approximate surface area is 173 Å². The normalized spacial score (nSPS) is 12.8. The molecule has 28 heavy (non-hydrogen) atoms. The molecule has 2 radical (unpaired) electrons. The summed E-state index contributed by atoms with van der Waals surface area (Å²) in [6.07, 6.45) is 2.09. The van der Waals surface area contributed by atoms with Crippen LogP contribution in [0.3, 0.4) is 0 Å². The SMILES string of the molecule is [B]C(O)CN(CC)CCN(CCN(CC)CC(=O)N(C)CCCC)CC(C)=O. The zero-order chi connectivity index (χ0) is 21.5. The lowest BCUT2D eigenvalue weighted by Gasteiger charge is -2.29. The van der Waals surface area contributed by atoms with Crippen LogP contribution in [0.25, 0.3) is 0 Å². The van der Waals surface area contributed by atoms with E-state index in [1.165, 1.54) is 0 Å². The highest BCUT2D eigenvalue weighted by atomic mass is 16.3. The third-order valence-corrected chi connectivity index (χ3v) is 4.88. The summed E-state index contributed by atoms with van der Waals surface area (Å²) < 4.78 is 0. The Hall–Kier alpha value is -0.955. The number of aliphatic hydroxyl groups excluding tert-OH is 1. The van der Waals surface area contributed by atoms with Crippen molar-refractivity contribution in [2.45, 2.75) is 46.5 Å². The molecule has 8 heteroatoms. The molecule has 1 unspecified atom stereocenters. The van der Waals surface area contributed by atoms with E-state index in [4.69, 9.17) is 7.85 Å². The van der Waals surface area contributed by atoms with Gasteiger partial charge in [-0.25, -0.2) is 0 Å². The molecule has 0 fully saturated rings. The first-order chi connectivity index (χ1) is 13.2. The van der Waals surface area contributed by atoms with Gasteiger partial charge in [-0.15, -0.1) is 0 Å². The van der Waals surface area contributed by atoms with Crippen LogP contribution >= 0.6 is 0 Å². The summed E-state index contributed by atoms with van der Waals surface area (Å²) in [6.45, 7) is 14.3. The number of Topliss-reactive ketones (excluding diaryl/α,β-unsaturated/α-hetero) is 1. The van der Waals surface area contributed by atoms with E-state index in [0.717, 1.165) is 58.7 Å². The highest BCUT2D eigenvalue weighted by Crippen LogP contribution is 1.99. The van der Waals surface area contributed by atoms with Crippen LogP contribution in [0.4, 0.5) is 0 Å². The van der Waals surface area contributed by atoms with E-state index in [1.807, 2.05) is 14.0 Å². The predicted octanol–water partition coefficient (Wildman–Crippen LogP) is 0.267. The number of hydrogen-bond donors (Lipinski definition) is 1. The van der Waals surface area contributed by atoms with Gasteiger partial charge in [0.05, 0.1) is 13.1 Å². The van der Waals surface area contributed by atoms with Gasteiger partial charge in [0.15, 0.2) is 0 Å². The molecule has 0 aromatic rings. The molecule has 7 nitrogen and oxygen atoms in total. The van der Waals surface area contributed by atoms with Crippen LogP contribution < -0.4 is 0 Å². The topological polar surface area (TPSA) is 67.3 Å². The Bertz CT molecular complexity index is 438. The second kappa shape index (κ2) is 15.9. The summed E-state index contributed by atoms with van der Waals surface area (Å²) in [5, 5.41) is 9.38. The second-order valence-corrected chi connectivity index (χ2v) is 7.48. The quantitative estimate of drug-likeness (QED) is 0.356. The first-order valence-corrected chi connectivity index (χ1v) is 10.6. The maximum Gasteiger partial charge on any atom is 0.236 e. The van der Waals surface area contributed by atoms with Crippen molar-refractivity contribution in [1.29, 1.82) is 0 Å². The van der Waals surface area contributed by atoms with Crippen LogP contribution in [0, 0.1) is 0 Å². The lowest BCUT2D eigenvalue weighted by atomic mass is 10.0. The van der Waals surface area contributed by atoms with E-state index in [1.54, 1.807) is 11.8 Å². The monoisotopic (exact) mass is 396 g/mol.